The number of rotatable bonds is 2. The topological polar surface area (TPSA) is 60.7 Å². The Balaban J connectivity index is 2.54. The van der Waals surface area contributed by atoms with Crippen molar-refractivity contribution in [1.29, 1.82) is 10.5 Å². The van der Waals surface area contributed by atoms with Gasteiger partial charge >= 0.3 is 0 Å². The maximum atomic E-state index is 8.74. The second kappa shape index (κ2) is 4.83. The number of furan rings is 1. The Bertz CT molecular complexity index is 609. The predicted octanol–water partition coefficient (Wildman–Crippen LogP) is 3.38. The summed E-state index contributed by atoms with van der Waals surface area (Å²) in [5.41, 5.74) is 1.73. The molecule has 2 rings (SSSR count). The summed E-state index contributed by atoms with van der Waals surface area (Å²) in [6.07, 6.45) is 3.14. The molecule has 1 aromatic carbocycles. The third-order valence-electron chi connectivity index (χ3n) is 2.29. The van der Waals surface area contributed by atoms with E-state index in [9.17, 15) is 0 Å². The maximum absolute atomic E-state index is 8.74. The van der Waals surface area contributed by atoms with Crippen LogP contribution in [0.4, 0.5) is 0 Å². The standard InChI is InChI=1S/C14H8N2O/c15-9-11(10-16)8-12-4-1-2-5-13(12)14-6-3-7-17-14/h1-8H. The van der Waals surface area contributed by atoms with Crippen molar-refractivity contribution in [3.63, 3.8) is 0 Å². The molecule has 0 unspecified atom stereocenters. The monoisotopic (exact) mass is 220 g/mol. The van der Waals surface area contributed by atoms with Crippen molar-refractivity contribution in [2.45, 2.75) is 0 Å². The molecule has 17 heavy (non-hydrogen) atoms. The molecular formula is C14H8N2O. The molecule has 1 heterocycles. The fourth-order valence-electron chi connectivity index (χ4n) is 1.52. The zero-order valence-corrected chi connectivity index (χ0v) is 8.92. The van der Waals surface area contributed by atoms with Crippen LogP contribution in [0.5, 0.6) is 0 Å². The first-order valence-electron chi connectivity index (χ1n) is 5.00. The van der Waals surface area contributed by atoms with E-state index in [1.807, 2.05) is 42.5 Å². The maximum Gasteiger partial charge on any atom is 0.134 e. The van der Waals surface area contributed by atoms with Gasteiger partial charge in [-0.3, -0.25) is 0 Å². The Kier molecular flexibility index (Phi) is 3.05. The molecule has 0 radical (unpaired) electrons. The lowest BCUT2D eigenvalue weighted by Crippen LogP contribution is -1.82. The Morgan fingerprint density at radius 1 is 1.06 bits per heavy atom. The third kappa shape index (κ3) is 2.25. The number of nitriles is 2. The second-order valence-electron chi connectivity index (χ2n) is 3.35. The fourth-order valence-corrected chi connectivity index (χ4v) is 1.52. The summed E-state index contributed by atoms with van der Waals surface area (Å²) in [4.78, 5) is 0. The van der Waals surface area contributed by atoms with Gasteiger partial charge in [-0.15, -0.1) is 0 Å². The van der Waals surface area contributed by atoms with Crippen LogP contribution in [0.3, 0.4) is 0 Å². The number of hydrogen-bond acceptors (Lipinski definition) is 3. The van der Waals surface area contributed by atoms with Crippen LogP contribution in [0.15, 0.2) is 52.7 Å². The van der Waals surface area contributed by atoms with E-state index in [2.05, 4.69) is 0 Å². The Morgan fingerprint density at radius 3 is 2.47 bits per heavy atom. The smallest absolute Gasteiger partial charge is 0.134 e. The molecule has 0 fully saturated rings. The molecule has 0 bridgehead atoms. The fraction of sp³-hybridized carbons (Fsp3) is 0. The molecule has 3 heteroatoms. The number of allylic oxidation sites excluding steroid dienone is 1. The second-order valence-corrected chi connectivity index (χ2v) is 3.35. The molecule has 0 amide bonds. The van der Waals surface area contributed by atoms with E-state index in [1.165, 1.54) is 0 Å². The Hall–Kier alpha value is -2.78. The van der Waals surface area contributed by atoms with Gasteiger partial charge in [0.15, 0.2) is 0 Å². The molecule has 0 saturated carbocycles. The molecule has 0 saturated heterocycles. The molecule has 0 spiro atoms. The van der Waals surface area contributed by atoms with Crippen LogP contribution < -0.4 is 0 Å². The van der Waals surface area contributed by atoms with E-state index in [-0.39, 0.29) is 5.57 Å². The van der Waals surface area contributed by atoms with Crippen molar-refractivity contribution in [2.24, 2.45) is 0 Å². The van der Waals surface area contributed by atoms with E-state index < -0.39 is 0 Å². The molecule has 3 nitrogen and oxygen atoms in total. The van der Waals surface area contributed by atoms with Gasteiger partial charge in [0.1, 0.15) is 23.5 Å². The third-order valence-corrected chi connectivity index (χ3v) is 2.29. The number of benzene rings is 1. The van der Waals surface area contributed by atoms with E-state index in [4.69, 9.17) is 14.9 Å². The normalized spacial score (nSPS) is 9.06. The molecule has 0 aliphatic heterocycles. The van der Waals surface area contributed by atoms with Gasteiger partial charge in [-0.25, -0.2) is 0 Å². The minimum absolute atomic E-state index is 0.0732. The zero-order chi connectivity index (χ0) is 12.1. The molecule has 0 N–H and O–H groups in total. The van der Waals surface area contributed by atoms with Crippen LogP contribution in [0.25, 0.3) is 17.4 Å². The van der Waals surface area contributed by atoms with Crippen LogP contribution in [0.1, 0.15) is 5.56 Å². The first kappa shape index (κ1) is 10.7. The van der Waals surface area contributed by atoms with Crippen LogP contribution in [-0.2, 0) is 0 Å². The van der Waals surface area contributed by atoms with Gasteiger partial charge in [-0.1, -0.05) is 24.3 Å². The number of hydrogen-bond donors (Lipinski definition) is 0. The van der Waals surface area contributed by atoms with Gasteiger partial charge < -0.3 is 4.42 Å². The average Bonchev–Trinajstić information content (AvgIpc) is 2.90. The summed E-state index contributed by atoms with van der Waals surface area (Å²) >= 11 is 0. The molecule has 0 aliphatic rings. The first-order chi connectivity index (χ1) is 8.35. The van der Waals surface area contributed by atoms with Gasteiger partial charge in [0.2, 0.25) is 0 Å². The van der Waals surface area contributed by atoms with Crippen molar-refractivity contribution in [3.05, 3.63) is 53.8 Å². The van der Waals surface area contributed by atoms with Crippen LogP contribution in [0, 0.1) is 22.7 Å². The summed E-state index contributed by atoms with van der Waals surface area (Å²) in [7, 11) is 0. The van der Waals surface area contributed by atoms with Crippen molar-refractivity contribution >= 4 is 6.08 Å². The minimum atomic E-state index is 0.0732. The summed E-state index contributed by atoms with van der Waals surface area (Å²) < 4.78 is 5.31. The highest BCUT2D eigenvalue weighted by atomic mass is 16.3. The van der Waals surface area contributed by atoms with Crippen molar-refractivity contribution < 1.29 is 4.42 Å². The lowest BCUT2D eigenvalue weighted by Gasteiger charge is -2.01. The predicted molar refractivity (Wildman–Crippen MR) is 63.3 cm³/mol. The molecule has 2 aromatic rings. The SMILES string of the molecule is N#CC(C#N)=Cc1ccccc1-c1ccco1. The molecule has 1 aromatic heterocycles. The van der Waals surface area contributed by atoms with E-state index in [0.717, 1.165) is 11.1 Å². The highest BCUT2D eigenvalue weighted by Gasteiger charge is 2.05. The summed E-state index contributed by atoms with van der Waals surface area (Å²) in [6.45, 7) is 0. The number of nitrogens with zero attached hydrogens (tertiary/aromatic N) is 2. The average molecular weight is 220 g/mol. The van der Waals surface area contributed by atoms with Crippen LogP contribution in [0.2, 0.25) is 0 Å². The van der Waals surface area contributed by atoms with Gasteiger partial charge in [-0.05, 0) is 23.8 Å². The van der Waals surface area contributed by atoms with E-state index in [1.54, 1.807) is 18.4 Å². The summed E-state index contributed by atoms with van der Waals surface area (Å²) in [5.74, 6) is 0.715. The van der Waals surface area contributed by atoms with Crippen molar-refractivity contribution in [3.8, 4) is 23.5 Å². The van der Waals surface area contributed by atoms with Crippen LogP contribution in [-0.4, -0.2) is 0 Å². The summed E-state index contributed by atoms with van der Waals surface area (Å²) in [6, 6.07) is 14.8. The van der Waals surface area contributed by atoms with Crippen molar-refractivity contribution in [2.75, 3.05) is 0 Å². The first-order valence-corrected chi connectivity index (χ1v) is 5.00. The zero-order valence-electron chi connectivity index (χ0n) is 8.92. The van der Waals surface area contributed by atoms with Gasteiger partial charge in [-0.2, -0.15) is 10.5 Å². The largest absolute Gasteiger partial charge is 0.464 e. The highest BCUT2D eigenvalue weighted by Crippen LogP contribution is 2.25. The van der Waals surface area contributed by atoms with Crippen molar-refractivity contribution in [1.82, 2.24) is 0 Å². The lowest BCUT2D eigenvalue weighted by atomic mass is 10.0. The molecule has 0 atom stereocenters. The lowest BCUT2D eigenvalue weighted by molar-refractivity contribution is 0.582. The quantitative estimate of drug-likeness (QED) is 0.729. The van der Waals surface area contributed by atoms with Gasteiger partial charge in [0, 0.05) is 5.56 Å². The van der Waals surface area contributed by atoms with E-state index in [0.29, 0.717) is 5.76 Å². The van der Waals surface area contributed by atoms with Gasteiger partial charge in [0.25, 0.3) is 0 Å². The highest BCUT2D eigenvalue weighted by molar-refractivity contribution is 5.75. The molecular weight excluding hydrogens is 212 g/mol. The van der Waals surface area contributed by atoms with E-state index >= 15 is 0 Å². The molecule has 0 aliphatic carbocycles. The summed E-state index contributed by atoms with van der Waals surface area (Å²) in [5, 5.41) is 17.5. The van der Waals surface area contributed by atoms with Crippen LogP contribution >= 0.6 is 0 Å². The van der Waals surface area contributed by atoms with Gasteiger partial charge in [0.05, 0.1) is 6.26 Å². The Morgan fingerprint density at radius 2 is 1.82 bits per heavy atom. The Labute approximate surface area is 98.8 Å². The minimum Gasteiger partial charge on any atom is -0.464 e. The molecule has 80 valence electrons.